The fraction of sp³-hybridized carbons (Fsp3) is 0.391. The first kappa shape index (κ1) is 24.0. The number of hydrogen-bond donors (Lipinski definition) is 3. The number of rotatable bonds is 8. The molecule has 0 heterocycles. The average molecular weight is 431 g/mol. The summed E-state index contributed by atoms with van der Waals surface area (Å²) in [5.41, 5.74) is 0.775. The van der Waals surface area contributed by atoms with Crippen LogP contribution in [0.1, 0.15) is 37.9 Å². The number of ether oxygens (including phenoxy) is 3. The number of aliphatic hydroxyl groups is 1. The van der Waals surface area contributed by atoms with Crippen LogP contribution >= 0.6 is 0 Å². The number of carbonyl (C=O) groups is 2. The molecule has 2 rings (SSSR count). The van der Waals surface area contributed by atoms with Crippen LogP contribution in [0.5, 0.6) is 5.75 Å². The highest BCUT2D eigenvalue weighted by atomic mass is 16.6. The highest BCUT2D eigenvalue weighted by Crippen LogP contribution is 2.22. The van der Waals surface area contributed by atoms with Crippen molar-refractivity contribution >= 4 is 12.2 Å². The molecular formula is C23H30N2O6. The van der Waals surface area contributed by atoms with E-state index >= 15 is 0 Å². The van der Waals surface area contributed by atoms with Crippen molar-refractivity contribution in [1.29, 1.82) is 0 Å². The Kier molecular flexibility index (Phi) is 8.69. The van der Waals surface area contributed by atoms with Crippen LogP contribution in [0.15, 0.2) is 54.6 Å². The Labute approximate surface area is 182 Å². The van der Waals surface area contributed by atoms with Crippen LogP contribution in [0, 0.1) is 0 Å². The molecule has 2 atom stereocenters. The van der Waals surface area contributed by atoms with Crippen molar-refractivity contribution < 1.29 is 28.9 Å². The van der Waals surface area contributed by atoms with Gasteiger partial charge in [0.05, 0.1) is 25.8 Å². The van der Waals surface area contributed by atoms with Crippen molar-refractivity contribution in [3.05, 3.63) is 65.7 Å². The highest BCUT2D eigenvalue weighted by molar-refractivity contribution is 5.70. The topological polar surface area (TPSA) is 106 Å². The maximum atomic E-state index is 12.4. The summed E-state index contributed by atoms with van der Waals surface area (Å²) in [5.74, 6) is 0.635. The molecule has 0 spiro atoms. The Morgan fingerprint density at radius 3 is 2.16 bits per heavy atom. The fourth-order valence-corrected chi connectivity index (χ4v) is 2.81. The number of methoxy groups -OCH3 is 1. The van der Waals surface area contributed by atoms with Crippen molar-refractivity contribution in [2.24, 2.45) is 0 Å². The van der Waals surface area contributed by atoms with E-state index in [-0.39, 0.29) is 6.61 Å². The summed E-state index contributed by atoms with van der Waals surface area (Å²) in [6.07, 6.45) is -1.39. The molecule has 3 N–H and O–H groups in total. The third-order valence-electron chi connectivity index (χ3n) is 4.26. The number of aliphatic hydroxyl groups excluding tert-OH is 1. The standard InChI is InChI=1S/C23H30N2O6/c1-23(2,3)31-22(28)25-20(17-10-12-18(29-4)13-11-17)19(14-26)24-21(27)30-15-16-8-6-5-7-9-16/h5-13,19-20,26H,14-15H2,1-4H3,(H,24,27)(H,25,28)/t19-,20-/m1/s1. The molecule has 0 aliphatic heterocycles. The molecule has 0 aliphatic rings. The SMILES string of the molecule is COc1ccc([C@@H](NC(=O)OC(C)(C)C)[C@@H](CO)NC(=O)OCc2ccccc2)cc1. The van der Waals surface area contributed by atoms with Gasteiger partial charge in [-0.15, -0.1) is 0 Å². The molecule has 8 nitrogen and oxygen atoms in total. The van der Waals surface area contributed by atoms with Crippen LogP contribution in [0.2, 0.25) is 0 Å². The molecule has 0 aromatic heterocycles. The minimum Gasteiger partial charge on any atom is -0.497 e. The lowest BCUT2D eigenvalue weighted by molar-refractivity contribution is 0.0476. The van der Waals surface area contributed by atoms with Gasteiger partial charge in [0.25, 0.3) is 0 Å². The Bertz CT molecular complexity index is 833. The van der Waals surface area contributed by atoms with Crippen LogP contribution in [0.25, 0.3) is 0 Å². The van der Waals surface area contributed by atoms with Crippen molar-refractivity contribution in [2.75, 3.05) is 13.7 Å². The first-order valence-electron chi connectivity index (χ1n) is 9.93. The van der Waals surface area contributed by atoms with Gasteiger partial charge in [0.1, 0.15) is 18.0 Å². The molecule has 0 bridgehead atoms. The van der Waals surface area contributed by atoms with E-state index in [0.717, 1.165) is 5.56 Å². The second-order valence-electron chi connectivity index (χ2n) is 7.89. The van der Waals surface area contributed by atoms with Gasteiger partial charge in [0.15, 0.2) is 0 Å². The summed E-state index contributed by atoms with van der Waals surface area (Å²) in [6.45, 7) is 4.89. The molecule has 0 radical (unpaired) electrons. The van der Waals surface area contributed by atoms with Gasteiger partial charge in [-0.1, -0.05) is 42.5 Å². The van der Waals surface area contributed by atoms with Gasteiger partial charge in [-0.2, -0.15) is 0 Å². The van der Waals surface area contributed by atoms with Crippen LogP contribution in [-0.2, 0) is 16.1 Å². The second-order valence-corrected chi connectivity index (χ2v) is 7.89. The molecule has 0 fully saturated rings. The fourth-order valence-electron chi connectivity index (χ4n) is 2.81. The molecule has 8 heteroatoms. The normalized spacial score (nSPS) is 12.9. The van der Waals surface area contributed by atoms with Crippen molar-refractivity contribution in [3.8, 4) is 5.75 Å². The van der Waals surface area contributed by atoms with E-state index in [2.05, 4.69) is 10.6 Å². The lowest BCUT2D eigenvalue weighted by Crippen LogP contribution is -2.49. The third kappa shape index (κ3) is 8.18. The maximum Gasteiger partial charge on any atom is 0.408 e. The number of alkyl carbamates (subject to hydrolysis) is 2. The van der Waals surface area contributed by atoms with Gasteiger partial charge >= 0.3 is 12.2 Å². The number of carbonyl (C=O) groups excluding carboxylic acids is 2. The van der Waals surface area contributed by atoms with Gasteiger partial charge in [-0.05, 0) is 44.0 Å². The van der Waals surface area contributed by atoms with Crippen molar-refractivity contribution in [1.82, 2.24) is 10.6 Å². The van der Waals surface area contributed by atoms with Gasteiger partial charge < -0.3 is 30.0 Å². The molecule has 2 aromatic carbocycles. The van der Waals surface area contributed by atoms with E-state index in [9.17, 15) is 14.7 Å². The number of amides is 2. The van der Waals surface area contributed by atoms with Gasteiger partial charge in [-0.3, -0.25) is 0 Å². The molecule has 0 saturated carbocycles. The Balaban J connectivity index is 2.13. The first-order valence-corrected chi connectivity index (χ1v) is 9.93. The Morgan fingerprint density at radius 2 is 1.61 bits per heavy atom. The Morgan fingerprint density at radius 1 is 0.968 bits per heavy atom. The monoisotopic (exact) mass is 430 g/mol. The summed E-state index contributed by atoms with van der Waals surface area (Å²) in [7, 11) is 1.55. The predicted octanol–water partition coefficient (Wildman–Crippen LogP) is 3.55. The van der Waals surface area contributed by atoms with Crippen LogP contribution in [-0.4, -0.2) is 42.7 Å². The summed E-state index contributed by atoms with van der Waals surface area (Å²) in [5, 5.41) is 15.3. The molecular weight excluding hydrogens is 400 g/mol. The van der Waals surface area contributed by atoms with Crippen LogP contribution in [0.3, 0.4) is 0 Å². The summed E-state index contributed by atoms with van der Waals surface area (Å²) in [6, 6.07) is 14.5. The zero-order chi connectivity index (χ0) is 22.9. The first-order chi connectivity index (χ1) is 14.7. The van der Waals surface area contributed by atoms with Crippen molar-refractivity contribution in [3.63, 3.8) is 0 Å². The van der Waals surface area contributed by atoms with E-state index in [0.29, 0.717) is 11.3 Å². The van der Waals surface area contributed by atoms with E-state index in [1.54, 1.807) is 52.1 Å². The number of benzene rings is 2. The molecule has 168 valence electrons. The molecule has 0 aliphatic carbocycles. The minimum atomic E-state index is -0.857. The van der Waals surface area contributed by atoms with E-state index in [1.165, 1.54) is 0 Å². The Hall–Kier alpha value is -3.26. The maximum absolute atomic E-state index is 12.4. The predicted molar refractivity (Wildman–Crippen MR) is 116 cm³/mol. The second kappa shape index (κ2) is 11.2. The van der Waals surface area contributed by atoms with Gasteiger partial charge in [-0.25, -0.2) is 9.59 Å². The van der Waals surface area contributed by atoms with E-state index in [1.807, 2.05) is 30.3 Å². The smallest absolute Gasteiger partial charge is 0.408 e. The number of nitrogens with one attached hydrogen (secondary N) is 2. The summed E-state index contributed by atoms with van der Waals surface area (Å²) < 4.78 is 15.8. The number of hydrogen-bond acceptors (Lipinski definition) is 6. The largest absolute Gasteiger partial charge is 0.497 e. The zero-order valence-electron chi connectivity index (χ0n) is 18.3. The average Bonchev–Trinajstić information content (AvgIpc) is 2.74. The molecule has 2 amide bonds. The molecule has 0 saturated heterocycles. The van der Waals surface area contributed by atoms with Crippen LogP contribution in [0.4, 0.5) is 9.59 Å². The lowest BCUT2D eigenvalue weighted by Gasteiger charge is -2.29. The van der Waals surface area contributed by atoms with E-state index < -0.39 is 36.5 Å². The van der Waals surface area contributed by atoms with Crippen molar-refractivity contribution in [2.45, 2.75) is 45.1 Å². The molecule has 0 unspecified atom stereocenters. The van der Waals surface area contributed by atoms with Gasteiger partial charge in [0.2, 0.25) is 0 Å². The summed E-state index contributed by atoms with van der Waals surface area (Å²) >= 11 is 0. The summed E-state index contributed by atoms with van der Waals surface area (Å²) in [4.78, 5) is 24.7. The third-order valence-corrected chi connectivity index (χ3v) is 4.26. The zero-order valence-corrected chi connectivity index (χ0v) is 18.3. The van der Waals surface area contributed by atoms with Gasteiger partial charge in [0, 0.05) is 0 Å². The molecule has 31 heavy (non-hydrogen) atoms. The van der Waals surface area contributed by atoms with Crippen LogP contribution < -0.4 is 15.4 Å². The van der Waals surface area contributed by atoms with E-state index in [4.69, 9.17) is 14.2 Å². The highest BCUT2D eigenvalue weighted by Gasteiger charge is 2.29. The lowest BCUT2D eigenvalue weighted by atomic mass is 9.99. The minimum absolute atomic E-state index is 0.0809. The quantitative estimate of drug-likeness (QED) is 0.591. The molecule has 2 aromatic rings.